The van der Waals surface area contributed by atoms with Gasteiger partial charge in [-0.2, -0.15) is 0 Å². The van der Waals surface area contributed by atoms with E-state index in [2.05, 4.69) is 0 Å². The zero-order valence-corrected chi connectivity index (χ0v) is 10.9. The van der Waals surface area contributed by atoms with Gasteiger partial charge in [0.05, 0.1) is 0 Å². The van der Waals surface area contributed by atoms with E-state index >= 15 is 0 Å². The van der Waals surface area contributed by atoms with Crippen molar-refractivity contribution in [1.82, 2.24) is 0 Å². The van der Waals surface area contributed by atoms with Gasteiger partial charge in [-0.25, -0.2) is 0 Å². The lowest BCUT2D eigenvalue weighted by molar-refractivity contribution is 0.0987. The maximum Gasteiger partial charge on any atom is 0.194 e. The van der Waals surface area contributed by atoms with E-state index < -0.39 is 0 Å². The first-order valence-corrected chi connectivity index (χ1v) is 6.39. The van der Waals surface area contributed by atoms with E-state index in [9.17, 15) is 9.59 Å². The standard InChI is InChI=1S/C16H10O2S/c17-14-9-13(11-6-3-4-8-15(11)19)16(18)12-7-2-1-5-10(12)14/h1-7,9H,8H2. The molecule has 0 unspecified atom stereocenters. The van der Waals surface area contributed by atoms with E-state index in [1.807, 2.05) is 12.2 Å². The van der Waals surface area contributed by atoms with Crippen LogP contribution in [0.4, 0.5) is 0 Å². The summed E-state index contributed by atoms with van der Waals surface area (Å²) >= 11 is 5.27. The first-order chi connectivity index (χ1) is 9.18. The van der Waals surface area contributed by atoms with E-state index in [4.69, 9.17) is 12.2 Å². The van der Waals surface area contributed by atoms with Crippen molar-refractivity contribution < 1.29 is 9.59 Å². The second kappa shape index (κ2) is 4.52. The molecule has 2 aliphatic carbocycles. The van der Waals surface area contributed by atoms with Crippen molar-refractivity contribution in [1.29, 1.82) is 0 Å². The molecule has 2 nitrogen and oxygen atoms in total. The first kappa shape index (κ1) is 11.9. The van der Waals surface area contributed by atoms with Gasteiger partial charge in [-0.15, -0.1) is 0 Å². The Hall–Kier alpha value is -2.13. The third-order valence-corrected chi connectivity index (χ3v) is 3.64. The van der Waals surface area contributed by atoms with Crippen LogP contribution in [0, 0.1) is 0 Å². The van der Waals surface area contributed by atoms with Gasteiger partial charge in [0.15, 0.2) is 11.6 Å². The van der Waals surface area contributed by atoms with E-state index in [1.54, 1.807) is 30.3 Å². The molecular formula is C16H10O2S. The van der Waals surface area contributed by atoms with E-state index in [1.165, 1.54) is 6.08 Å². The molecular weight excluding hydrogens is 256 g/mol. The number of hydrogen-bond donors (Lipinski definition) is 0. The van der Waals surface area contributed by atoms with Crippen LogP contribution in [0.25, 0.3) is 0 Å². The zero-order chi connectivity index (χ0) is 13.4. The normalized spacial score (nSPS) is 18.0. The van der Waals surface area contributed by atoms with Gasteiger partial charge in [-0.1, -0.05) is 54.7 Å². The number of carbonyl (C=O) groups is 2. The average Bonchev–Trinajstić information content (AvgIpc) is 2.44. The van der Waals surface area contributed by atoms with Crippen LogP contribution < -0.4 is 0 Å². The molecule has 0 heterocycles. The Balaban J connectivity index is 2.13. The largest absolute Gasteiger partial charge is 0.289 e. The van der Waals surface area contributed by atoms with Gasteiger partial charge in [-0.3, -0.25) is 9.59 Å². The molecule has 1 aromatic rings. The minimum absolute atomic E-state index is 0.126. The van der Waals surface area contributed by atoms with Crippen molar-refractivity contribution in [2.45, 2.75) is 6.42 Å². The molecule has 3 rings (SSSR count). The van der Waals surface area contributed by atoms with Crippen LogP contribution >= 0.6 is 12.2 Å². The zero-order valence-electron chi connectivity index (χ0n) is 10.1. The summed E-state index contributed by atoms with van der Waals surface area (Å²) in [7, 11) is 0. The Morgan fingerprint density at radius 2 is 1.74 bits per heavy atom. The molecule has 0 aliphatic heterocycles. The number of fused-ring (bicyclic) bond motifs is 1. The molecule has 0 spiro atoms. The number of ketones is 2. The summed E-state index contributed by atoms with van der Waals surface area (Å²) in [5.41, 5.74) is 2.04. The fourth-order valence-corrected chi connectivity index (χ4v) is 2.57. The van der Waals surface area contributed by atoms with Crippen LogP contribution in [0.1, 0.15) is 27.1 Å². The highest BCUT2D eigenvalue weighted by molar-refractivity contribution is 7.80. The number of allylic oxidation sites excluding steroid dienone is 6. The van der Waals surface area contributed by atoms with Crippen LogP contribution in [0.15, 0.2) is 59.7 Å². The fraction of sp³-hybridized carbons (Fsp3) is 0.0625. The van der Waals surface area contributed by atoms with Gasteiger partial charge < -0.3 is 0 Å². The van der Waals surface area contributed by atoms with Gasteiger partial charge in [0.2, 0.25) is 0 Å². The summed E-state index contributed by atoms with van der Waals surface area (Å²) in [4.78, 5) is 25.2. The summed E-state index contributed by atoms with van der Waals surface area (Å²) in [5.74, 6) is -0.262. The number of Topliss-reactive ketones (excluding diaryl/α,β-unsaturated/α-hetero) is 1. The fourth-order valence-electron chi connectivity index (χ4n) is 2.30. The molecule has 19 heavy (non-hydrogen) atoms. The summed E-state index contributed by atoms with van der Waals surface area (Å²) < 4.78 is 0. The smallest absolute Gasteiger partial charge is 0.194 e. The summed E-state index contributed by atoms with van der Waals surface area (Å²) in [6.07, 6.45) is 7.65. The molecule has 1 aromatic carbocycles. The first-order valence-electron chi connectivity index (χ1n) is 5.98. The average molecular weight is 266 g/mol. The lowest BCUT2D eigenvalue weighted by Gasteiger charge is -2.18. The van der Waals surface area contributed by atoms with Crippen molar-refractivity contribution >= 4 is 28.6 Å². The number of thiocarbonyl (C=S) groups is 1. The van der Waals surface area contributed by atoms with Gasteiger partial charge in [0.1, 0.15) is 0 Å². The monoisotopic (exact) mass is 266 g/mol. The second-order valence-corrected chi connectivity index (χ2v) is 4.93. The van der Waals surface area contributed by atoms with Gasteiger partial charge in [-0.05, 0) is 11.6 Å². The molecule has 0 amide bonds. The predicted molar refractivity (Wildman–Crippen MR) is 77.6 cm³/mol. The lowest BCUT2D eigenvalue weighted by atomic mass is 9.84. The molecule has 3 heteroatoms. The molecule has 0 atom stereocenters. The summed E-state index contributed by atoms with van der Waals surface area (Å²) in [6, 6.07) is 6.89. The Morgan fingerprint density at radius 3 is 2.47 bits per heavy atom. The van der Waals surface area contributed by atoms with Crippen LogP contribution in [-0.2, 0) is 0 Å². The molecule has 0 bridgehead atoms. The third-order valence-electron chi connectivity index (χ3n) is 3.25. The number of hydrogen-bond acceptors (Lipinski definition) is 3. The molecule has 0 saturated carbocycles. The van der Waals surface area contributed by atoms with E-state index in [0.717, 1.165) is 0 Å². The minimum atomic E-state index is -0.136. The SMILES string of the molecule is O=C1C=C(C2=CC=CCC2=S)C(=O)c2ccccc21. The minimum Gasteiger partial charge on any atom is -0.289 e. The van der Waals surface area contributed by atoms with E-state index in [-0.39, 0.29) is 11.6 Å². The molecule has 0 saturated heterocycles. The van der Waals surface area contributed by atoms with Gasteiger partial charge in [0.25, 0.3) is 0 Å². The Kier molecular flexibility index (Phi) is 2.84. The Labute approximate surface area is 116 Å². The van der Waals surface area contributed by atoms with Crippen molar-refractivity contribution in [3.8, 4) is 0 Å². The highest BCUT2D eigenvalue weighted by atomic mass is 32.1. The highest BCUT2D eigenvalue weighted by Gasteiger charge is 2.28. The van der Waals surface area contributed by atoms with Crippen LogP contribution in [0.3, 0.4) is 0 Å². The van der Waals surface area contributed by atoms with Crippen molar-refractivity contribution in [2.24, 2.45) is 0 Å². The number of benzene rings is 1. The highest BCUT2D eigenvalue weighted by Crippen LogP contribution is 2.28. The summed E-state index contributed by atoms with van der Waals surface area (Å²) in [5, 5.41) is 0. The predicted octanol–water partition coefficient (Wildman–Crippen LogP) is 3.25. The Bertz CT molecular complexity index is 705. The summed E-state index contributed by atoms with van der Waals surface area (Å²) in [6.45, 7) is 0. The van der Waals surface area contributed by atoms with Crippen LogP contribution in [-0.4, -0.2) is 16.4 Å². The molecule has 2 aliphatic rings. The van der Waals surface area contributed by atoms with Crippen LogP contribution in [0.2, 0.25) is 0 Å². The van der Waals surface area contributed by atoms with Crippen molar-refractivity contribution in [3.05, 3.63) is 70.8 Å². The van der Waals surface area contributed by atoms with Gasteiger partial charge in [0, 0.05) is 28.0 Å². The Morgan fingerprint density at radius 1 is 1.00 bits per heavy atom. The maximum atomic E-state index is 12.5. The maximum absolute atomic E-state index is 12.5. The molecule has 0 radical (unpaired) electrons. The number of carbonyl (C=O) groups excluding carboxylic acids is 2. The second-order valence-electron chi connectivity index (χ2n) is 4.43. The van der Waals surface area contributed by atoms with Crippen molar-refractivity contribution in [3.63, 3.8) is 0 Å². The number of rotatable bonds is 1. The lowest BCUT2D eigenvalue weighted by Crippen LogP contribution is -2.20. The van der Waals surface area contributed by atoms with Gasteiger partial charge >= 0.3 is 0 Å². The quantitative estimate of drug-likeness (QED) is 0.732. The molecule has 0 aromatic heterocycles. The molecule has 0 fully saturated rings. The third kappa shape index (κ3) is 1.92. The van der Waals surface area contributed by atoms with Crippen molar-refractivity contribution in [2.75, 3.05) is 0 Å². The van der Waals surface area contributed by atoms with E-state index in [0.29, 0.717) is 33.6 Å². The topological polar surface area (TPSA) is 34.1 Å². The molecule has 92 valence electrons. The molecule has 0 N–H and O–H groups in total. The van der Waals surface area contributed by atoms with Crippen LogP contribution in [0.5, 0.6) is 0 Å².